The van der Waals surface area contributed by atoms with Gasteiger partial charge in [-0.2, -0.15) is 5.10 Å². The standard InChI is InChI=1S/C17H21N3O/c1-12-17(15-9-6-10-16(21)18-15)13(2)20(19-12)11-14-7-4-3-5-8-14/h3-5,7-8,15H,6,9-11H2,1-2H3,(H,18,21). The third kappa shape index (κ3) is 2.84. The molecule has 21 heavy (non-hydrogen) atoms. The highest BCUT2D eigenvalue weighted by Gasteiger charge is 2.25. The van der Waals surface area contributed by atoms with E-state index in [1.165, 1.54) is 11.1 Å². The number of amides is 1. The third-order valence-electron chi connectivity index (χ3n) is 4.19. The van der Waals surface area contributed by atoms with Gasteiger partial charge in [-0.3, -0.25) is 9.48 Å². The van der Waals surface area contributed by atoms with Crippen LogP contribution in [0.5, 0.6) is 0 Å². The number of rotatable bonds is 3. The van der Waals surface area contributed by atoms with Crippen LogP contribution in [-0.4, -0.2) is 15.7 Å². The van der Waals surface area contributed by atoms with E-state index in [1.807, 2.05) is 29.8 Å². The first-order chi connectivity index (χ1) is 10.1. The van der Waals surface area contributed by atoms with Crippen molar-refractivity contribution in [3.8, 4) is 0 Å². The normalized spacial score (nSPS) is 18.6. The average Bonchev–Trinajstić information content (AvgIpc) is 2.74. The maximum absolute atomic E-state index is 11.6. The van der Waals surface area contributed by atoms with Gasteiger partial charge in [0.2, 0.25) is 5.91 Å². The zero-order valence-electron chi connectivity index (χ0n) is 12.6. The minimum atomic E-state index is 0.121. The molecule has 4 nitrogen and oxygen atoms in total. The summed E-state index contributed by atoms with van der Waals surface area (Å²) in [5.74, 6) is 0.154. The number of nitrogens with zero attached hydrogens (tertiary/aromatic N) is 2. The molecule has 0 saturated carbocycles. The second-order valence-corrected chi connectivity index (χ2v) is 5.74. The maximum Gasteiger partial charge on any atom is 0.220 e. The molecule has 0 radical (unpaired) electrons. The van der Waals surface area contributed by atoms with Crippen molar-refractivity contribution in [2.45, 2.75) is 45.7 Å². The topological polar surface area (TPSA) is 46.9 Å². The Morgan fingerprint density at radius 2 is 2.05 bits per heavy atom. The van der Waals surface area contributed by atoms with E-state index in [-0.39, 0.29) is 11.9 Å². The maximum atomic E-state index is 11.6. The fraction of sp³-hybridized carbons (Fsp3) is 0.412. The lowest BCUT2D eigenvalue weighted by molar-refractivity contribution is -0.123. The second kappa shape index (κ2) is 5.72. The van der Waals surface area contributed by atoms with Gasteiger partial charge in [-0.25, -0.2) is 0 Å². The molecule has 1 unspecified atom stereocenters. The summed E-state index contributed by atoms with van der Waals surface area (Å²) in [5, 5.41) is 7.77. The number of piperidine rings is 1. The Kier molecular flexibility index (Phi) is 3.78. The van der Waals surface area contributed by atoms with Crippen molar-refractivity contribution in [2.75, 3.05) is 0 Å². The first-order valence-electron chi connectivity index (χ1n) is 7.52. The highest BCUT2D eigenvalue weighted by atomic mass is 16.1. The largest absolute Gasteiger partial charge is 0.349 e. The highest BCUT2D eigenvalue weighted by Crippen LogP contribution is 2.28. The molecule has 1 atom stereocenters. The molecule has 1 aliphatic rings. The fourth-order valence-corrected chi connectivity index (χ4v) is 3.15. The molecule has 3 rings (SSSR count). The molecular weight excluding hydrogens is 262 g/mol. The van der Waals surface area contributed by atoms with Gasteiger partial charge in [-0.05, 0) is 32.3 Å². The fourth-order valence-electron chi connectivity index (χ4n) is 3.15. The molecule has 0 bridgehead atoms. The molecule has 1 fully saturated rings. The molecule has 0 spiro atoms. The van der Waals surface area contributed by atoms with Crippen molar-refractivity contribution in [1.29, 1.82) is 0 Å². The van der Waals surface area contributed by atoms with Crippen molar-refractivity contribution in [1.82, 2.24) is 15.1 Å². The van der Waals surface area contributed by atoms with Gasteiger partial charge < -0.3 is 5.32 Å². The van der Waals surface area contributed by atoms with E-state index >= 15 is 0 Å². The van der Waals surface area contributed by atoms with Gasteiger partial charge in [0.15, 0.2) is 0 Å². The van der Waals surface area contributed by atoms with Crippen LogP contribution in [0.15, 0.2) is 30.3 Å². The zero-order valence-corrected chi connectivity index (χ0v) is 12.6. The minimum absolute atomic E-state index is 0.121. The van der Waals surface area contributed by atoms with Gasteiger partial charge in [0.1, 0.15) is 0 Å². The molecule has 1 N–H and O–H groups in total. The summed E-state index contributed by atoms with van der Waals surface area (Å²) < 4.78 is 2.04. The van der Waals surface area contributed by atoms with Crippen LogP contribution in [0.4, 0.5) is 0 Å². The molecule has 1 aromatic heterocycles. The van der Waals surface area contributed by atoms with Crippen molar-refractivity contribution < 1.29 is 4.79 Å². The van der Waals surface area contributed by atoms with Gasteiger partial charge in [-0.1, -0.05) is 30.3 Å². The molecule has 4 heteroatoms. The van der Waals surface area contributed by atoms with E-state index in [4.69, 9.17) is 0 Å². The SMILES string of the molecule is Cc1nn(Cc2ccccc2)c(C)c1C1CCCC(=O)N1. The quantitative estimate of drug-likeness (QED) is 0.941. The monoisotopic (exact) mass is 283 g/mol. The lowest BCUT2D eigenvalue weighted by Crippen LogP contribution is -2.33. The molecule has 1 aromatic carbocycles. The van der Waals surface area contributed by atoms with Crippen molar-refractivity contribution >= 4 is 5.91 Å². The lowest BCUT2D eigenvalue weighted by atomic mass is 9.96. The number of benzene rings is 1. The second-order valence-electron chi connectivity index (χ2n) is 5.74. The number of nitrogens with one attached hydrogen (secondary N) is 1. The van der Waals surface area contributed by atoms with Gasteiger partial charge in [0.05, 0.1) is 18.3 Å². The molecule has 0 aliphatic carbocycles. The Morgan fingerprint density at radius 3 is 2.76 bits per heavy atom. The number of hydrogen-bond acceptors (Lipinski definition) is 2. The number of carbonyl (C=O) groups excluding carboxylic acids is 1. The van der Waals surface area contributed by atoms with Crippen LogP contribution in [0.2, 0.25) is 0 Å². The van der Waals surface area contributed by atoms with Crippen LogP contribution in [0.3, 0.4) is 0 Å². The Balaban J connectivity index is 1.87. The van der Waals surface area contributed by atoms with Crippen molar-refractivity contribution in [2.24, 2.45) is 0 Å². The number of hydrogen-bond donors (Lipinski definition) is 1. The third-order valence-corrected chi connectivity index (χ3v) is 4.19. The summed E-state index contributed by atoms with van der Waals surface area (Å²) in [6.45, 7) is 4.90. The minimum Gasteiger partial charge on any atom is -0.349 e. The van der Waals surface area contributed by atoms with Crippen molar-refractivity contribution in [3.63, 3.8) is 0 Å². The molecule has 1 amide bonds. The number of carbonyl (C=O) groups is 1. The molecule has 2 aromatic rings. The molecular formula is C17H21N3O. The molecule has 1 saturated heterocycles. The summed E-state index contributed by atoms with van der Waals surface area (Å²) in [4.78, 5) is 11.6. The summed E-state index contributed by atoms with van der Waals surface area (Å²) >= 11 is 0. The van der Waals surface area contributed by atoms with E-state index in [2.05, 4.69) is 29.5 Å². The predicted molar refractivity (Wildman–Crippen MR) is 82.0 cm³/mol. The van der Waals surface area contributed by atoms with E-state index < -0.39 is 0 Å². The zero-order chi connectivity index (χ0) is 14.8. The number of aromatic nitrogens is 2. The van der Waals surface area contributed by atoms with Gasteiger partial charge >= 0.3 is 0 Å². The first kappa shape index (κ1) is 13.9. The van der Waals surface area contributed by atoms with Gasteiger partial charge in [0, 0.05) is 17.7 Å². The number of aryl methyl sites for hydroxylation is 1. The Morgan fingerprint density at radius 1 is 1.29 bits per heavy atom. The first-order valence-corrected chi connectivity index (χ1v) is 7.52. The Labute approximate surface area is 125 Å². The summed E-state index contributed by atoms with van der Waals surface area (Å²) in [7, 11) is 0. The highest BCUT2D eigenvalue weighted by molar-refractivity contribution is 5.77. The summed E-state index contributed by atoms with van der Waals surface area (Å²) in [5.41, 5.74) is 4.61. The average molecular weight is 283 g/mol. The van der Waals surface area contributed by atoms with E-state index in [9.17, 15) is 4.79 Å². The van der Waals surface area contributed by atoms with Crippen LogP contribution < -0.4 is 5.32 Å². The van der Waals surface area contributed by atoms with Gasteiger partial charge in [0.25, 0.3) is 0 Å². The van der Waals surface area contributed by atoms with E-state index in [1.54, 1.807) is 0 Å². The van der Waals surface area contributed by atoms with Crippen LogP contribution in [0.1, 0.15) is 47.8 Å². The summed E-state index contributed by atoms with van der Waals surface area (Å²) in [6.07, 6.45) is 2.61. The van der Waals surface area contributed by atoms with E-state index in [0.29, 0.717) is 6.42 Å². The van der Waals surface area contributed by atoms with Crippen molar-refractivity contribution in [3.05, 3.63) is 52.8 Å². The molecule has 2 heterocycles. The van der Waals surface area contributed by atoms with Crippen LogP contribution in [-0.2, 0) is 11.3 Å². The van der Waals surface area contributed by atoms with Gasteiger partial charge in [-0.15, -0.1) is 0 Å². The summed E-state index contributed by atoms with van der Waals surface area (Å²) in [6, 6.07) is 10.5. The van der Waals surface area contributed by atoms with Crippen LogP contribution in [0, 0.1) is 13.8 Å². The Hall–Kier alpha value is -2.10. The van der Waals surface area contributed by atoms with E-state index in [0.717, 1.165) is 30.8 Å². The predicted octanol–water partition coefficient (Wildman–Crippen LogP) is 2.89. The van der Waals surface area contributed by atoms with Crippen LogP contribution >= 0.6 is 0 Å². The molecule has 110 valence electrons. The smallest absolute Gasteiger partial charge is 0.220 e. The Bertz CT molecular complexity index is 646. The molecule has 1 aliphatic heterocycles. The lowest BCUT2D eigenvalue weighted by Gasteiger charge is -2.23. The van der Waals surface area contributed by atoms with Crippen LogP contribution in [0.25, 0.3) is 0 Å².